The van der Waals surface area contributed by atoms with E-state index in [1.54, 1.807) is 4.90 Å². The molecule has 0 radical (unpaired) electrons. The van der Waals surface area contributed by atoms with Crippen LogP contribution in [0.2, 0.25) is 0 Å². The van der Waals surface area contributed by atoms with Crippen molar-refractivity contribution in [2.24, 2.45) is 0 Å². The van der Waals surface area contributed by atoms with Crippen molar-refractivity contribution >= 4 is 6.03 Å². The van der Waals surface area contributed by atoms with Gasteiger partial charge in [-0.2, -0.15) is 0 Å². The van der Waals surface area contributed by atoms with Crippen molar-refractivity contribution in [2.45, 2.75) is 37.8 Å². The molecule has 2 fully saturated rings. The fourth-order valence-corrected chi connectivity index (χ4v) is 2.40. The van der Waals surface area contributed by atoms with Crippen LogP contribution >= 0.6 is 0 Å². The van der Waals surface area contributed by atoms with E-state index < -0.39 is 0 Å². The Morgan fingerprint density at radius 1 is 1.44 bits per heavy atom. The molecular weight excluding hydrogens is 208 g/mol. The molecule has 2 saturated heterocycles. The molecule has 0 aliphatic carbocycles. The summed E-state index contributed by atoms with van der Waals surface area (Å²) in [6.07, 6.45) is 4.19. The molecule has 0 aromatic heterocycles. The van der Waals surface area contributed by atoms with Crippen LogP contribution in [0.25, 0.3) is 0 Å². The van der Waals surface area contributed by atoms with E-state index in [9.17, 15) is 4.79 Å². The number of carbonyl (C=O) groups excluding carboxylic acids is 1. The van der Waals surface area contributed by atoms with Gasteiger partial charge in [0.1, 0.15) is 0 Å². The highest BCUT2D eigenvalue weighted by atomic mass is 16.5. The average Bonchev–Trinajstić information content (AvgIpc) is 2.96. The Morgan fingerprint density at radius 3 is 3.00 bits per heavy atom. The van der Waals surface area contributed by atoms with Crippen LogP contribution in [0.5, 0.6) is 0 Å². The number of nitrogens with one attached hydrogen (secondary N) is 1. The zero-order chi connectivity index (χ0) is 11.4. The molecule has 2 amide bonds. The van der Waals surface area contributed by atoms with E-state index in [1.165, 1.54) is 0 Å². The maximum Gasteiger partial charge on any atom is 0.317 e. The van der Waals surface area contributed by atoms with E-state index in [0.29, 0.717) is 6.54 Å². The third-order valence-corrected chi connectivity index (χ3v) is 3.35. The van der Waals surface area contributed by atoms with Crippen LogP contribution in [-0.2, 0) is 4.74 Å². The van der Waals surface area contributed by atoms with Gasteiger partial charge in [0.15, 0.2) is 0 Å². The van der Waals surface area contributed by atoms with Crippen molar-refractivity contribution in [3.63, 3.8) is 0 Å². The number of amides is 2. The van der Waals surface area contributed by atoms with Gasteiger partial charge >= 0.3 is 6.03 Å². The van der Waals surface area contributed by atoms with Gasteiger partial charge in [-0.15, -0.1) is 0 Å². The van der Waals surface area contributed by atoms with Gasteiger partial charge in [0, 0.05) is 19.7 Å². The summed E-state index contributed by atoms with van der Waals surface area (Å²) in [6.45, 7) is 2.22. The van der Waals surface area contributed by atoms with Gasteiger partial charge in [0.2, 0.25) is 0 Å². The molecule has 0 bridgehead atoms. The molecule has 0 saturated carbocycles. The number of nitrogens with zero attached hydrogens (tertiary/aromatic N) is 1. The van der Waals surface area contributed by atoms with Gasteiger partial charge in [-0.3, -0.25) is 0 Å². The Bertz CT molecular complexity index is 241. The van der Waals surface area contributed by atoms with Gasteiger partial charge in [0.05, 0.1) is 18.8 Å². The summed E-state index contributed by atoms with van der Waals surface area (Å²) in [6, 6.07) is -0.0588. The zero-order valence-electron chi connectivity index (χ0n) is 9.52. The minimum absolute atomic E-state index is 0.00416. The van der Waals surface area contributed by atoms with Crippen molar-refractivity contribution in [3.8, 4) is 0 Å². The van der Waals surface area contributed by atoms with Gasteiger partial charge in [0.25, 0.3) is 0 Å². The minimum Gasteiger partial charge on any atom is -0.394 e. The van der Waals surface area contributed by atoms with Crippen molar-refractivity contribution in [3.05, 3.63) is 0 Å². The molecule has 2 heterocycles. The third-order valence-electron chi connectivity index (χ3n) is 3.35. The molecule has 2 aliphatic heterocycles. The van der Waals surface area contributed by atoms with E-state index in [4.69, 9.17) is 9.84 Å². The molecule has 2 aliphatic rings. The lowest BCUT2D eigenvalue weighted by Gasteiger charge is -2.24. The van der Waals surface area contributed by atoms with Crippen LogP contribution in [-0.4, -0.2) is 54.5 Å². The van der Waals surface area contributed by atoms with E-state index in [0.717, 1.165) is 38.8 Å². The van der Waals surface area contributed by atoms with Crippen LogP contribution in [0.3, 0.4) is 0 Å². The van der Waals surface area contributed by atoms with Crippen LogP contribution < -0.4 is 5.32 Å². The quantitative estimate of drug-likeness (QED) is 0.732. The number of hydrogen-bond acceptors (Lipinski definition) is 3. The first kappa shape index (κ1) is 11.7. The lowest BCUT2D eigenvalue weighted by atomic mass is 10.2. The number of hydrogen-bond donors (Lipinski definition) is 2. The van der Waals surface area contributed by atoms with Gasteiger partial charge in [-0.25, -0.2) is 4.79 Å². The molecule has 2 atom stereocenters. The SMILES string of the molecule is O=C(NC[C@@H]1CCCO1)N1CCC[C@H]1CO. The molecule has 5 nitrogen and oxygen atoms in total. The first-order valence-electron chi connectivity index (χ1n) is 6.08. The zero-order valence-corrected chi connectivity index (χ0v) is 9.52. The van der Waals surface area contributed by atoms with Crippen LogP contribution in [0.15, 0.2) is 0 Å². The molecule has 5 heteroatoms. The number of carbonyl (C=O) groups is 1. The summed E-state index contributed by atoms with van der Waals surface area (Å²) in [4.78, 5) is 13.6. The molecule has 0 aromatic carbocycles. The highest BCUT2D eigenvalue weighted by Crippen LogP contribution is 2.17. The molecule has 16 heavy (non-hydrogen) atoms. The second-order valence-electron chi connectivity index (χ2n) is 4.49. The van der Waals surface area contributed by atoms with E-state index >= 15 is 0 Å². The molecule has 0 aromatic rings. The highest BCUT2D eigenvalue weighted by Gasteiger charge is 2.28. The second kappa shape index (κ2) is 5.50. The standard InChI is InChI=1S/C11H20N2O3/c14-8-9-3-1-5-13(9)11(15)12-7-10-4-2-6-16-10/h9-10,14H,1-8H2,(H,12,15)/t9-,10-/m0/s1. The predicted molar refractivity (Wildman–Crippen MR) is 59.2 cm³/mol. The number of urea groups is 1. The highest BCUT2D eigenvalue weighted by molar-refractivity contribution is 5.74. The van der Waals surface area contributed by atoms with Crippen molar-refractivity contribution in [2.75, 3.05) is 26.3 Å². The fraction of sp³-hybridized carbons (Fsp3) is 0.909. The second-order valence-corrected chi connectivity index (χ2v) is 4.49. The largest absolute Gasteiger partial charge is 0.394 e. The van der Waals surface area contributed by atoms with E-state index in [1.807, 2.05) is 0 Å². The predicted octanol–water partition coefficient (Wildman–Crippen LogP) is 0.332. The molecule has 2 N–H and O–H groups in total. The van der Waals surface area contributed by atoms with Crippen molar-refractivity contribution in [1.29, 1.82) is 0 Å². The fourth-order valence-electron chi connectivity index (χ4n) is 2.40. The van der Waals surface area contributed by atoms with E-state index in [2.05, 4.69) is 5.32 Å². The number of ether oxygens (including phenoxy) is 1. The molecular formula is C11H20N2O3. The molecule has 0 spiro atoms. The van der Waals surface area contributed by atoms with E-state index in [-0.39, 0.29) is 24.8 Å². The summed E-state index contributed by atoms with van der Waals surface area (Å²) in [5.74, 6) is 0. The molecule has 0 unspecified atom stereocenters. The Morgan fingerprint density at radius 2 is 2.31 bits per heavy atom. The Hall–Kier alpha value is -0.810. The summed E-state index contributed by atoms with van der Waals surface area (Å²) in [5, 5.41) is 12.0. The molecule has 2 rings (SSSR count). The van der Waals surface area contributed by atoms with Gasteiger partial charge in [-0.1, -0.05) is 0 Å². The number of aliphatic hydroxyl groups is 1. The monoisotopic (exact) mass is 228 g/mol. The first-order valence-corrected chi connectivity index (χ1v) is 6.08. The van der Waals surface area contributed by atoms with Gasteiger partial charge in [-0.05, 0) is 25.7 Å². The van der Waals surface area contributed by atoms with Crippen LogP contribution in [0.4, 0.5) is 4.79 Å². The van der Waals surface area contributed by atoms with Crippen LogP contribution in [0.1, 0.15) is 25.7 Å². The summed E-state index contributed by atoms with van der Waals surface area (Å²) < 4.78 is 5.44. The van der Waals surface area contributed by atoms with Crippen LogP contribution in [0, 0.1) is 0 Å². The summed E-state index contributed by atoms with van der Waals surface area (Å²) in [5.41, 5.74) is 0. The minimum atomic E-state index is -0.0629. The van der Waals surface area contributed by atoms with Crippen molar-refractivity contribution < 1.29 is 14.6 Å². The first-order chi connectivity index (χ1) is 7.81. The topological polar surface area (TPSA) is 61.8 Å². The lowest BCUT2D eigenvalue weighted by Crippen LogP contribution is -2.46. The summed E-state index contributed by atoms with van der Waals surface area (Å²) in [7, 11) is 0. The smallest absolute Gasteiger partial charge is 0.317 e. The number of likely N-dealkylation sites (tertiary alicyclic amines) is 1. The number of aliphatic hydroxyl groups excluding tert-OH is 1. The van der Waals surface area contributed by atoms with Crippen molar-refractivity contribution in [1.82, 2.24) is 10.2 Å². The van der Waals surface area contributed by atoms with Gasteiger partial charge < -0.3 is 20.1 Å². The number of rotatable bonds is 3. The Kier molecular flexibility index (Phi) is 4.01. The molecule has 92 valence electrons. The summed E-state index contributed by atoms with van der Waals surface area (Å²) >= 11 is 0. The lowest BCUT2D eigenvalue weighted by molar-refractivity contribution is 0.106. The Balaban J connectivity index is 1.74. The average molecular weight is 228 g/mol. The normalized spacial score (nSPS) is 29.7. The maximum atomic E-state index is 11.8. The maximum absolute atomic E-state index is 11.8. The Labute approximate surface area is 95.8 Å². The third kappa shape index (κ3) is 2.65.